The summed E-state index contributed by atoms with van der Waals surface area (Å²) in [6, 6.07) is 0. The van der Waals surface area contributed by atoms with Gasteiger partial charge in [0.25, 0.3) is 0 Å². The van der Waals surface area contributed by atoms with Crippen LogP contribution >= 0.6 is 0 Å². The zero-order valence-corrected chi connectivity index (χ0v) is 26.5. The maximum absolute atomic E-state index is 12.3. The molecule has 0 aromatic carbocycles. The third-order valence-corrected chi connectivity index (χ3v) is 6.46. The van der Waals surface area contributed by atoms with Gasteiger partial charge in [-0.1, -0.05) is 0 Å². The predicted molar refractivity (Wildman–Crippen MR) is 145 cm³/mol. The summed E-state index contributed by atoms with van der Waals surface area (Å²) in [7, 11) is 0. The van der Waals surface area contributed by atoms with Crippen molar-refractivity contribution in [1.82, 2.24) is 0 Å². The van der Waals surface area contributed by atoms with Crippen molar-refractivity contribution < 1.29 is 86.0 Å². The van der Waals surface area contributed by atoms with Crippen molar-refractivity contribution in [2.24, 2.45) is 0 Å². The van der Waals surface area contributed by atoms with Crippen molar-refractivity contribution in [3.63, 3.8) is 0 Å². The predicted octanol–water partition coefficient (Wildman–Crippen LogP) is -0.969. The first kappa shape index (κ1) is 38.3. The molecule has 260 valence electrons. The molecule has 18 nitrogen and oxygen atoms in total. The van der Waals surface area contributed by atoms with E-state index < -0.39 is 116 Å². The Bertz CT molecular complexity index is 1120. The minimum atomic E-state index is -1.75. The van der Waals surface area contributed by atoms with Gasteiger partial charge in [0.1, 0.15) is 43.7 Å². The molecule has 0 aliphatic carbocycles. The molecule has 2 aliphatic heterocycles. The maximum atomic E-state index is 12.3. The van der Waals surface area contributed by atoms with Crippen LogP contribution in [0.2, 0.25) is 0 Å². The van der Waals surface area contributed by atoms with Gasteiger partial charge in [-0.3, -0.25) is 33.6 Å². The lowest BCUT2D eigenvalue weighted by Crippen LogP contribution is -2.66. The zero-order chi connectivity index (χ0) is 34.7. The quantitative estimate of drug-likeness (QED) is 0.184. The molecule has 0 radical (unpaired) electrons. The van der Waals surface area contributed by atoms with Crippen molar-refractivity contribution in [3.05, 3.63) is 0 Å². The lowest BCUT2D eigenvalue weighted by molar-refractivity contribution is -0.344. The number of ether oxygens (including phenoxy) is 10. The molecular weight excluding hydrogens is 624 g/mol. The van der Waals surface area contributed by atoms with Gasteiger partial charge in [0, 0.05) is 54.9 Å². The first-order valence-electron chi connectivity index (χ1n) is 14.2. The van der Waals surface area contributed by atoms with Gasteiger partial charge in [-0.05, 0) is 0 Å². The van der Waals surface area contributed by atoms with Crippen molar-refractivity contribution in [2.45, 2.75) is 116 Å². The molecule has 0 aromatic rings. The van der Waals surface area contributed by atoms with Crippen molar-refractivity contribution >= 4 is 41.8 Å². The summed E-state index contributed by atoms with van der Waals surface area (Å²) in [5, 5.41) is 11.0. The molecule has 2 aliphatic rings. The summed E-state index contributed by atoms with van der Waals surface area (Å²) in [6.45, 7) is 6.34. The Morgan fingerprint density at radius 3 is 1.46 bits per heavy atom. The van der Waals surface area contributed by atoms with E-state index >= 15 is 0 Å². The molecule has 10 atom stereocenters. The Hall–Kier alpha value is -3.87. The Balaban J connectivity index is 2.63. The molecule has 0 aromatic heterocycles. The number of aliphatic hydroxyl groups is 1. The molecule has 18 heteroatoms. The second-order valence-electron chi connectivity index (χ2n) is 10.4. The third kappa shape index (κ3) is 11.8. The molecule has 0 amide bonds. The number of hydrogen-bond acceptors (Lipinski definition) is 18. The summed E-state index contributed by atoms with van der Waals surface area (Å²) >= 11 is 0. The summed E-state index contributed by atoms with van der Waals surface area (Å²) in [5.74, 6) is -5.52. The first-order valence-corrected chi connectivity index (χ1v) is 14.2. The van der Waals surface area contributed by atoms with Crippen LogP contribution in [0.5, 0.6) is 0 Å². The minimum Gasteiger partial charge on any atom is -0.466 e. The van der Waals surface area contributed by atoms with Crippen LogP contribution in [-0.2, 0) is 80.9 Å². The molecule has 1 N–H and O–H groups in total. The number of rotatable bonds is 13. The van der Waals surface area contributed by atoms with Crippen LogP contribution in [0.4, 0.5) is 0 Å². The van der Waals surface area contributed by atoms with Crippen LogP contribution in [0.25, 0.3) is 0 Å². The average molecular weight is 665 g/mol. The van der Waals surface area contributed by atoms with Crippen molar-refractivity contribution in [2.75, 3.05) is 19.8 Å². The second-order valence-corrected chi connectivity index (χ2v) is 10.4. The van der Waals surface area contributed by atoms with Gasteiger partial charge in [0.05, 0.1) is 6.61 Å². The van der Waals surface area contributed by atoms with E-state index in [0.29, 0.717) is 0 Å². The Morgan fingerprint density at radius 1 is 0.500 bits per heavy atom. The maximum Gasteiger partial charge on any atom is 0.303 e. The van der Waals surface area contributed by atoms with E-state index in [4.69, 9.17) is 47.4 Å². The van der Waals surface area contributed by atoms with Gasteiger partial charge in [-0.15, -0.1) is 0 Å². The molecule has 0 spiro atoms. The monoisotopic (exact) mass is 664 g/mol. The standard InChI is InChI=1S/C28H40O18/c1-12(29)37-9-8-19-23(40-15(4)32)26(42-17(6)34)24(21(44-19)11-39-14(3)31)46-28-27(43-18(7)35)25(41-16(5)33)22(36)20(45-28)10-38-13(2)30/h19-28,36H,8-11H2,1-7H3. The second kappa shape index (κ2) is 17.7. The summed E-state index contributed by atoms with van der Waals surface area (Å²) in [5.41, 5.74) is 0. The highest BCUT2D eigenvalue weighted by Gasteiger charge is 2.56. The van der Waals surface area contributed by atoms with Crippen LogP contribution in [0, 0.1) is 0 Å². The fourth-order valence-electron chi connectivity index (χ4n) is 4.83. The summed E-state index contributed by atoms with van der Waals surface area (Å²) in [6.07, 6.45) is -15.0. The van der Waals surface area contributed by atoms with Crippen LogP contribution in [0.1, 0.15) is 54.9 Å². The Labute approximate surface area is 264 Å². The van der Waals surface area contributed by atoms with Crippen LogP contribution in [0.15, 0.2) is 0 Å². The fraction of sp³-hybridized carbons (Fsp3) is 0.750. The number of hydrogen-bond donors (Lipinski definition) is 1. The minimum absolute atomic E-state index is 0.0697. The zero-order valence-electron chi connectivity index (χ0n) is 26.5. The number of aliphatic hydroxyl groups excluding tert-OH is 1. The van der Waals surface area contributed by atoms with Crippen LogP contribution in [0.3, 0.4) is 0 Å². The van der Waals surface area contributed by atoms with E-state index in [0.717, 1.165) is 41.5 Å². The molecule has 10 unspecified atom stereocenters. The Morgan fingerprint density at radius 2 is 0.957 bits per heavy atom. The lowest BCUT2D eigenvalue weighted by Gasteiger charge is -2.48. The molecule has 46 heavy (non-hydrogen) atoms. The topological polar surface area (TPSA) is 232 Å². The van der Waals surface area contributed by atoms with E-state index in [9.17, 15) is 38.7 Å². The van der Waals surface area contributed by atoms with E-state index in [-0.39, 0.29) is 13.0 Å². The largest absolute Gasteiger partial charge is 0.466 e. The van der Waals surface area contributed by atoms with Gasteiger partial charge in [-0.25, -0.2) is 0 Å². The van der Waals surface area contributed by atoms with Crippen molar-refractivity contribution in [1.29, 1.82) is 0 Å². The highest BCUT2D eigenvalue weighted by atomic mass is 16.7. The van der Waals surface area contributed by atoms with E-state index in [1.807, 2.05) is 0 Å². The SMILES string of the molecule is CC(=O)OCCC1OC(COC(C)=O)C(OC2OC(COC(C)=O)C(O)C(OC(C)=O)C2OC(C)=O)C(OC(C)=O)C1OC(C)=O. The fourth-order valence-corrected chi connectivity index (χ4v) is 4.83. The number of esters is 7. The van der Waals surface area contributed by atoms with Crippen LogP contribution < -0.4 is 0 Å². The molecule has 0 saturated carbocycles. The molecule has 0 bridgehead atoms. The van der Waals surface area contributed by atoms with Gasteiger partial charge in [0.2, 0.25) is 0 Å². The third-order valence-electron chi connectivity index (χ3n) is 6.46. The van der Waals surface area contributed by atoms with E-state index in [1.54, 1.807) is 0 Å². The molecule has 2 fully saturated rings. The summed E-state index contributed by atoms with van der Waals surface area (Å²) < 4.78 is 54.9. The van der Waals surface area contributed by atoms with Crippen molar-refractivity contribution in [3.8, 4) is 0 Å². The van der Waals surface area contributed by atoms with E-state index in [2.05, 4.69) is 0 Å². The first-order chi connectivity index (χ1) is 21.5. The van der Waals surface area contributed by atoms with Gasteiger partial charge in [0.15, 0.2) is 30.7 Å². The molecule has 2 heterocycles. The van der Waals surface area contributed by atoms with Gasteiger partial charge < -0.3 is 52.5 Å². The molecule has 2 rings (SSSR count). The lowest BCUT2D eigenvalue weighted by atomic mass is 9.92. The Kier molecular flexibility index (Phi) is 14.8. The highest BCUT2D eigenvalue weighted by molar-refractivity contribution is 5.69. The van der Waals surface area contributed by atoms with Gasteiger partial charge >= 0.3 is 41.8 Å². The van der Waals surface area contributed by atoms with Gasteiger partial charge in [-0.2, -0.15) is 0 Å². The number of carbonyl (C=O) groups is 7. The molecule has 2 saturated heterocycles. The number of carbonyl (C=O) groups excluding carboxylic acids is 7. The smallest absolute Gasteiger partial charge is 0.303 e. The molecular formula is C28H40O18. The average Bonchev–Trinajstić information content (AvgIpc) is 2.91. The van der Waals surface area contributed by atoms with Crippen LogP contribution in [-0.4, -0.2) is 128 Å². The summed E-state index contributed by atoms with van der Waals surface area (Å²) in [4.78, 5) is 83.3. The highest BCUT2D eigenvalue weighted by Crippen LogP contribution is 2.35. The van der Waals surface area contributed by atoms with E-state index in [1.165, 1.54) is 6.92 Å². The normalized spacial score (nSPS) is 30.6.